The first-order valence-electron chi connectivity index (χ1n) is 13.2. The molecule has 0 saturated carbocycles. The second kappa shape index (κ2) is 11.1. The molecule has 0 radical (unpaired) electrons. The molecule has 0 spiro atoms. The molecule has 0 bridgehead atoms. The molecule has 0 N–H and O–H groups in total. The van der Waals surface area contributed by atoms with Crippen LogP contribution in [-0.4, -0.2) is 62.9 Å². The number of alkyl halides is 3. The van der Waals surface area contributed by atoms with Crippen molar-refractivity contribution in [2.24, 2.45) is 0 Å². The van der Waals surface area contributed by atoms with E-state index in [2.05, 4.69) is 15.2 Å². The summed E-state index contributed by atoms with van der Waals surface area (Å²) < 4.78 is 93.6. The van der Waals surface area contributed by atoms with Gasteiger partial charge in [0.2, 0.25) is 15.9 Å². The molecule has 0 atom stereocenters. The summed E-state index contributed by atoms with van der Waals surface area (Å²) in [6, 6.07) is 8.04. The van der Waals surface area contributed by atoms with Crippen LogP contribution in [0.4, 0.5) is 28.0 Å². The third-order valence-corrected chi connectivity index (χ3v) is 8.92. The maximum Gasteiger partial charge on any atom is 0.470 e. The van der Waals surface area contributed by atoms with Crippen molar-refractivity contribution < 1.29 is 39.9 Å². The van der Waals surface area contributed by atoms with Crippen molar-refractivity contribution in [2.45, 2.75) is 57.2 Å². The molecular weight excluding hydrogens is 596 g/mol. The summed E-state index contributed by atoms with van der Waals surface area (Å²) in [6.45, 7) is 5.31. The van der Waals surface area contributed by atoms with Gasteiger partial charge in [-0.25, -0.2) is 22.6 Å². The highest BCUT2D eigenvalue weighted by Gasteiger charge is 2.39. The van der Waals surface area contributed by atoms with Gasteiger partial charge in [-0.15, -0.1) is 10.2 Å². The molecule has 4 aromatic rings. The van der Waals surface area contributed by atoms with Crippen molar-refractivity contribution in [1.29, 1.82) is 0 Å². The fraction of sp³-hybridized carbons (Fsp3) is 0.407. The molecule has 1 fully saturated rings. The number of rotatable bonds is 6. The maximum atomic E-state index is 14.2. The van der Waals surface area contributed by atoms with Crippen LogP contribution in [0, 0.1) is 5.82 Å². The number of piperidine rings is 1. The molecule has 3 aromatic heterocycles. The second-order valence-corrected chi connectivity index (χ2v) is 13.2. The number of benzene rings is 1. The van der Waals surface area contributed by atoms with E-state index in [1.165, 1.54) is 41.4 Å². The summed E-state index contributed by atoms with van der Waals surface area (Å²) >= 11 is 0. The number of hydrogen-bond acceptors (Lipinski definition) is 8. The molecule has 0 unspecified atom stereocenters. The molecule has 0 aliphatic carbocycles. The molecule has 1 amide bonds. The molecule has 16 heteroatoms. The third kappa shape index (κ3) is 6.73. The predicted molar refractivity (Wildman–Crippen MR) is 146 cm³/mol. The molecule has 1 aliphatic heterocycles. The average molecular weight is 625 g/mol. The van der Waals surface area contributed by atoms with E-state index in [1.54, 1.807) is 31.4 Å². The van der Waals surface area contributed by atoms with E-state index in [-0.39, 0.29) is 61.0 Å². The number of amides is 1. The molecular formula is C27H28F4N6O5S. The topological polar surface area (TPSA) is 123 Å². The zero-order valence-corrected chi connectivity index (χ0v) is 24.2. The Kier molecular flexibility index (Phi) is 7.83. The number of nitrogens with zero attached hydrogens (tertiary/aromatic N) is 6. The summed E-state index contributed by atoms with van der Waals surface area (Å²) in [6.07, 6.45) is -1.97. The van der Waals surface area contributed by atoms with Crippen LogP contribution < -0.4 is 4.31 Å². The number of imidazole rings is 1. The van der Waals surface area contributed by atoms with Crippen LogP contribution in [0.1, 0.15) is 45.2 Å². The van der Waals surface area contributed by atoms with Crippen molar-refractivity contribution in [3.63, 3.8) is 0 Å². The summed E-state index contributed by atoms with van der Waals surface area (Å²) in [5.41, 5.74) is 0.150. The van der Waals surface area contributed by atoms with Crippen molar-refractivity contribution >= 4 is 27.5 Å². The van der Waals surface area contributed by atoms with Crippen molar-refractivity contribution in [3.8, 4) is 11.5 Å². The Morgan fingerprint density at radius 2 is 1.84 bits per heavy atom. The number of fused-ring (bicyclic) bond motifs is 1. The van der Waals surface area contributed by atoms with Gasteiger partial charge in [-0.05, 0) is 63.9 Å². The first-order chi connectivity index (χ1) is 20.1. The Labute approximate surface area is 244 Å². The van der Waals surface area contributed by atoms with E-state index in [4.69, 9.17) is 9.15 Å². The smallest absolute Gasteiger partial charge is 0.444 e. The number of carbonyl (C=O) groups excluding carboxylic acids is 1. The van der Waals surface area contributed by atoms with Gasteiger partial charge in [0.1, 0.15) is 17.1 Å². The fourth-order valence-corrected chi connectivity index (χ4v) is 6.53. The lowest BCUT2D eigenvalue weighted by atomic mass is 10.1. The lowest BCUT2D eigenvalue weighted by molar-refractivity contribution is -0.156. The Balaban J connectivity index is 1.40. The normalized spacial score (nSPS) is 15.2. The molecule has 230 valence electrons. The number of sulfonamides is 1. The van der Waals surface area contributed by atoms with Gasteiger partial charge in [0.25, 0.3) is 0 Å². The Morgan fingerprint density at radius 1 is 1.12 bits per heavy atom. The molecule has 1 aliphatic rings. The Morgan fingerprint density at radius 3 is 2.47 bits per heavy atom. The summed E-state index contributed by atoms with van der Waals surface area (Å²) in [5.74, 6) is -2.48. The van der Waals surface area contributed by atoms with Gasteiger partial charge in [-0.2, -0.15) is 13.2 Å². The van der Waals surface area contributed by atoms with Crippen LogP contribution >= 0.6 is 0 Å². The number of ether oxygens (including phenoxy) is 1. The number of likely N-dealkylation sites (tertiary alicyclic amines) is 1. The van der Waals surface area contributed by atoms with E-state index >= 15 is 0 Å². The Bertz CT molecular complexity index is 1740. The van der Waals surface area contributed by atoms with Crippen LogP contribution in [0.25, 0.3) is 17.1 Å². The van der Waals surface area contributed by atoms with Gasteiger partial charge < -0.3 is 18.5 Å². The maximum absolute atomic E-state index is 14.2. The highest BCUT2D eigenvalue weighted by molar-refractivity contribution is 7.93. The SMILES string of the molecule is CC(C)(C)OC(=O)N1CCC(S(=O)(=O)N(Cc2cn3ccc(-c4nnc(C(F)(F)F)o4)cc3n2)c2cccc(F)c2)CC1. The minimum atomic E-state index is -4.80. The van der Waals surface area contributed by atoms with Gasteiger partial charge in [-0.3, -0.25) is 4.31 Å². The van der Waals surface area contributed by atoms with Crippen molar-refractivity contribution in [3.05, 3.63) is 66.2 Å². The van der Waals surface area contributed by atoms with Crippen molar-refractivity contribution in [1.82, 2.24) is 24.5 Å². The van der Waals surface area contributed by atoms with Gasteiger partial charge in [0, 0.05) is 31.0 Å². The van der Waals surface area contributed by atoms with E-state index in [0.29, 0.717) is 0 Å². The number of carbonyl (C=O) groups is 1. The van der Waals surface area contributed by atoms with E-state index in [0.717, 1.165) is 10.4 Å². The molecule has 4 heterocycles. The van der Waals surface area contributed by atoms with Gasteiger partial charge in [-0.1, -0.05) is 6.07 Å². The monoisotopic (exact) mass is 624 g/mol. The summed E-state index contributed by atoms with van der Waals surface area (Å²) in [4.78, 5) is 18.4. The average Bonchev–Trinajstić information content (AvgIpc) is 3.58. The molecule has 5 rings (SSSR count). The second-order valence-electron chi connectivity index (χ2n) is 11.0. The minimum absolute atomic E-state index is 0.0952. The number of anilines is 1. The zero-order valence-electron chi connectivity index (χ0n) is 23.4. The summed E-state index contributed by atoms with van der Waals surface area (Å²) in [7, 11) is -4.08. The molecule has 1 saturated heterocycles. The quantitative estimate of drug-likeness (QED) is 0.266. The van der Waals surface area contributed by atoms with Crippen LogP contribution in [0.2, 0.25) is 0 Å². The van der Waals surface area contributed by atoms with Crippen LogP contribution in [-0.2, 0) is 27.5 Å². The predicted octanol–water partition coefficient (Wildman–Crippen LogP) is 5.28. The van der Waals surface area contributed by atoms with E-state index in [9.17, 15) is 30.8 Å². The number of hydrogen-bond donors (Lipinski definition) is 0. The van der Waals surface area contributed by atoms with Crippen molar-refractivity contribution in [2.75, 3.05) is 17.4 Å². The highest BCUT2D eigenvalue weighted by Crippen LogP contribution is 2.32. The van der Waals surface area contributed by atoms with E-state index < -0.39 is 44.9 Å². The van der Waals surface area contributed by atoms with Gasteiger partial charge in [0.05, 0.1) is 23.2 Å². The standard InChI is InChI=1S/C27H28F4N6O5S/c1-26(2,3)42-25(38)35-11-8-21(9-12-35)43(39,40)37(20-6-4-5-18(28)14-20)16-19-15-36-10-7-17(13-22(36)32-19)23-33-34-24(41-23)27(29,30)31/h4-7,10,13-15,21H,8-9,11-12,16H2,1-3H3. The third-order valence-electron chi connectivity index (χ3n) is 6.65. The Hall–Kier alpha value is -4.21. The van der Waals surface area contributed by atoms with Crippen LogP contribution in [0.5, 0.6) is 0 Å². The number of halogens is 4. The first kappa shape index (κ1) is 30.3. The van der Waals surface area contributed by atoms with Crippen LogP contribution in [0.15, 0.2) is 53.2 Å². The number of aromatic nitrogens is 4. The molecule has 11 nitrogen and oxygen atoms in total. The van der Waals surface area contributed by atoms with Crippen LogP contribution in [0.3, 0.4) is 0 Å². The first-order valence-corrected chi connectivity index (χ1v) is 14.7. The zero-order chi connectivity index (χ0) is 31.2. The lowest BCUT2D eigenvalue weighted by Gasteiger charge is -2.35. The summed E-state index contributed by atoms with van der Waals surface area (Å²) in [5, 5.41) is 5.62. The number of pyridine rings is 1. The fourth-order valence-electron chi connectivity index (χ4n) is 4.65. The van der Waals surface area contributed by atoms with E-state index in [1.807, 2.05) is 0 Å². The molecule has 43 heavy (non-hydrogen) atoms. The van der Waals surface area contributed by atoms with Gasteiger partial charge >= 0.3 is 18.2 Å². The minimum Gasteiger partial charge on any atom is -0.444 e. The highest BCUT2D eigenvalue weighted by atomic mass is 32.2. The van der Waals surface area contributed by atoms with Gasteiger partial charge in [0.15, 0.2) is 0 Å². The largest absolute Gasteiger partial charge is 0.470 e. The molecule has 1 aromatic carbocycles. The lowest BCUT2D eigenvalue weighted by Crippen LogP contribution is -2.48.